The Labute approximate surface area is 184 Å². The predicted octanol–water partition coefficient (Wildman–Crippen LogP) is 4.10. The number of hydrogen-bond acceptors (Lipinski definition) is 6. The highest BCUT2D eigenvalue weighted by Gasteiger charge is 2.29. The number of rotatable bonds is 9. The van der Waals surface area contributed by atoms with E-state index in [0.717, 1.165) is 11.1 Å². The van der Waals surface area contributed by atoms with Crippen molar-refractivity contribution in [2.45, 2.75) is 44.9 Å². The molecule has 1 aromatic heterocycles. The summed E-state index contributed by atoms with van der Waals surface area (Å²) in [5.74, 6) is 1.28. The minimum absolute atomic E-state index is 0.0365. The summed E-state index contributed by atoms with van der Waals surface area (Å²) in [5.41, 5.74) is 1.16. The van der Waals surface area contributed by atoms with E-state index in [4.69, 9.17) is 14.2 Å². The van der Waals surface area contributed by atoms with Gasteiger partial charge in [-0.25, -0.2) is 13.4 Å². The highest BCUT2D eigenvalue weighted by Crippen LogP contribution is 2.40. The monoisotopic (exact) mass is 446 g/mol. The van der Waals surface area contributed by atoms with Crippen molar-refractivity contribution in [1.29, 1.82) is 0 Å². The van der Waals surface area contributed by atoms with Crippen LogP contribution in [-0.4, -0.2) is 43.8 Å². The molecule has 0 unspecified atom stereocenters. The van der Waals surface area contributed by atoms with Gasteiger partial charge in [0.05, 0.1) is 0 Å². The lowest BCUT2D eigenvalue weighted by Crippen LogP contribution is -2.34. The second kappa shape index (κ2) is 9.38. The first kappa shape index (κ1) is 23.2. The zero-order chi connectivity index (χ0) is 22.6. The fourth-order valence-electron chi connectivity index (χ4n) is 3.32. The Hall–Kier alpha value is -2.42. The molecule has 1 aliphatic rings. The van der Waals surface area contributed by atoms with Crippen molar-refractivity contribution in [3.05, 3.63) is 53.7 Å². The van der Waals surface area contributed by atoms with Crippen LogP contribution >= 0.6 is 0 Å². The number of sulfonamides is 1. The Morgan fingerprint density at radius 1 is 1.23 bits per heavy atom. The van der Waals surface area contributed by atoms with Crippen LogP contribution in [0.5, 0.6) is 11.5 Å². The predicted molar refractivity (Wildman–Crippen MR) is 119 cm³/mol. The third-order valence-electron chi connectivity index (χ3n) is 4.67. The van der Waals surface area contributed by atoms with Gasteiger partial charge in [0.1, 0.15) is 5.60 Å². The lowest BCUT2D eigenvalue weighted by molar-refractivity contribution is 0.0453. The van der Waals surface area contributed by atoms with E-state index in [1.165, 1.54) is 16.6 Å². The minimum atomic E-state index is -3.76. The number of ether oxygens (including phenoxy) is 3. The highest BCUT2D eigenvalue weighted by molar-refractivity contribution is 7.89. The molecule has 8 heteroatoms. The summed E-state index contributed by atoms with van der Waals surface area (Å²) in [5, 5.41) is 0.0365. The van der Waals surface area contributed by atoms with Gasteiger partial charge in [0.15, 0.2) is 23.3 Å². The van der Waals surface area contributed by atoms with Crippen LogP contribution in [0.15, 0.2) is 47.6 Å². The van der Waals surface area contributed by atoms with Crippen molar-refractivity contribution in [2.75, 3.05) is 20.4 Å². The van der Waals surface area contributed by atoms with Crippen LogP contribution in [0.3, 0.4) is 0 Å². The quantitative estimate of drug-likeness (QED) is 0.540. The van der Waals surface area contributed by atoms with Crippen LogP contribution in [-0.2, 0) is 21.3 Å². The van der Waals surface area contributed by atoms with Gasteiger partial charge in [-0.05, 0) is 55.7 Å². The largest absolute Gasteiger partial charge is 0.479 e. The first-order valence-electron chi connectivity index (χ1n) is 10.2. The molecule has 0 amide bonds. The Balaban J connectivity index is 2.00. The van der Waals surface area contributed by atoms with E-state index in [9.17, 15) is 8.42 Å². The second-order valence-corrected chi connectivity index (χ2v) is 10.3. The number of aromatic nitrogens is 1. The van der Waals surface area contributed by atoms with E-state index in [-0.39, 0.29) is 24.3 Å². The summed E-state index contributed by atoms with van der Waals surface area (Å²) in [6.07, 6.45) is 5.43. The van der Waals surface area contributed by atoms with Crippen molar-refractivity contribution in [1.82, 2.24) is 9.29 Å². The molecule has 2 aromatic rings. The van der Waals surface area contributed by atoms with Gasteiger partial charge in [-0.3, -0.25) is 0 Å². The Bertz CT molecular complexity index is 1030. The molecule has 1 aliphatic heterocycles. The smallest absolute Gasteiger partial charge is 0.260 e. The zero-order valence-electron chi connectivity index (χ0n) is 18.7. The SMILES string of the molecule is COCOc1cc(CN(CC(C)C)S(=O)(=O)c2ccccn2)cc2c1OC(C)(C)C=C2. The molecule has 0 saturated heterocycles. The number of fused-ring (bicyclic) bond motifs is 1. The molecule has 2 heterocycles. The summed E-state index contributed by atoms with van der Waals surface area (Å²) >= 11 is 0. The standard InChI is InChI=1S/C23H30N2O5S/c1-17(2)14-25(31(26,27)21-8-6-7-11-24-21)15-18-12-19-9-10-23(3,4)30-22(19)20(13-18)29-16-28-5/h6-13,17H,14-16H2,1-5H3. The Morgan fingerprint density at radius 2 is 2.00 bits per heavy atom. The number of pyridine rings is 1. The van der Waals surface area contributed by atoms with Crippen molar-refractivity contribution >= 4 is 16.1 Å². The van der Waals surface area contributed by atoms with Crippen molar-refractivity contribution < 1.29 is 22.6 Å². The molecule has 0 N–H and O–H groups in total. The Kier molecular flexibility index (Phi) is 7.03. The second-order valence-electron chi connectivity index (χ2n) is 8.46. The van der Waals surface area contributed by atoms with E-state index < -0.39 is 15.6 Å². The minimum Gasteiger partial charge on any atom is -0.479 e. The topological polar surface area (TPSA) is 78.0 Å². The molecule has 1 aromatic carbocycles. The third kappa shape index (κ3) is 5.64. The van der Waals surface area contributed by atoms with Crippen LogP contribution in [0.4, 0.5) is 0 Å². The molecule has 0 saturated carbocycles. The summed E-state index contributed by atoms with van der Waals surface area (Å²) < 4.78 is 44.9. The molecule has 7 nitrogen and oxygen atoms in total. The van der Waals surface area contributed by atoms with Gasteiger partial charge in [0.2, 0.25) is 0 Å². The maximum absolute atomic E-state index is 13.3. The molecular weight excluding hydrogens is 416 g/mol. The number of benzene rings is 1. The van der Waals surface area contributed by atoms with Gasteiger partial charge in [-0.15, -0.1) is 0 Å². The summed E-state index contributed by atoms with van der Waals surface area (Å²) in [6.45, 7) is 8.51. The van der Waals surface area contributed by atoms with Gasteiger partial charge < -0.3 is 14.2 Å². The van der Waals surface area contributed by atoms with E-state index in [0.29, 0.717) is 18.0 Å². The van der Waals surface area contributed by atoms with Crippen LogP contribution in [0, 0.1) is 5.92 Å². The van der Waals surface area contributed by atoms with E-state index in [1.54, 1.807) is 19.2 Å². The zero-order valence-corrected chi connectivity index (χ0v) is 19.5. The molecule has 0 spiro atoms. The molecule has 0 aliphatic carbocycles. The lowest BCUT2D eigenvalue weighted by atomic mass is 10.00. The van der Waals surface area contributed by atoms with Gasteiger partial charge in [-0.2, -0.15) is 4.31 Å². The Morgan fingerprint density at radius 3 is 2.65 bits per heavy atom. The third-order valence-corrected chi connectivity index (χ3v) is 6.40. The van der Waals surface area contributed by atoms with E-state index >= 15 is 0 Å². The number of hydrogen-bond donors (Lipinski definition) is 0. The normalized spacial score (nSPS) is 15.1. The highest BCUT2D eigenvalue weighted by atomic mass is 32.2. The average molecular weight is 447 g/mol. The van der Waals surface area contributed by atoms with Gasteiger partial charge in [0.25, 0.3) is 10.0 Å². The van der Waals surface area contributed by atoms with Crippen molar-refractivity contribution in [2.24, 2.45) is 5.92 Å². The first-order chi connectivity index (χ1) is 14.6. The van der Waals surface area contributed by atoms with Gasteiger partial charge in [0, 0.05) is 32.0 Å². The van der Waals surface area contributed by atoms with Crippen molar-refractivity contribution in [3.8, 4) is 11.5 Å². The molecule has 0 fully saturated rings. The average Bonchev–Trinajstić information content (AvgIpc) is 2.72. The maximum atomic E-state index is 13.3. The van der Waals surface area contributed by atoms with Gasteiger partial charge in [-0.1, -0.05) is 26.0 Å². The summed E-state index contributed by atoms with van der Waals surface area (Å²) in [4.78, 5) is 4.06. The summed E-state index contributed by atoms with van der Waals surface area (Å²) in [6, 6.07) is 8.63. The fraction of sp³-hybridized carbons (Fsp3) is 0.435. The molecule has 0 radical (unpaired) electrons. The van der Waals surface area contributed by atoms with Crippen LogP contribution in [0.1, 0.15) is 38.8 Å². The molecule has 31 heavy (non-hydrogen) atoms. The van der Waals surface area contributed by atoms with Crippen LogP contribution in [0.2, 0.25) is 0 Å². The maximum Gasteiger partial charge on any atom is 0.260 e. The first-order valence-corrected chi connectivity index (χ1v) is 11.6. The van der Waals surface area contributed by atoms with Crippen molar-refractivity contribution in [3.63, 3.8) is 0 Å². The van der Waals surface area contributed by atoms with Gasteiger partial charge >= 0.3 is 0 Å². The van der Waals surface area contributed by atoms with E-state index in [1.807, 2.05) is 52.0 Å². The van der Waals surface area contributed by atoms with Crippen LogP contribution < -0.4 is 9.47 Å². The lowest BCUT2D eigenvalue weighted by Gasteiger charge is -2.30. The fourth-order valence-corrected chi connectivity index (χ4v) is 4.84. The van der Waals surface area contributed by atoms with Crippen LogP contribution in [0.25, 0.3) is 6.08 Å². The molecule has 0 atom stereocenters. The molecular formula is C23H30N2O5S. The summed E-state index contributed by atoms with van der Waals surface area (Å²) in [7, 11) is -2.21. The van der Waals surface area contributed by atoms with E-state index in [2.05, 4.69) is 4.98 Å². The molecule has 3 rings (SSSR count). The number of nitrogens with zero attached hydrogens (tertiary/aromatic N) is 2. The molecule has 0 bridgehead atoms. The number of methoxy groups -OCH3 is 1. The molecule has 168 valence electrons.